The van der Waals surface area contributed by atoms with Crippen LogP contribution in [0.3, 0.4) is 0 Å². The highest BCUT2D eigenvalue weighted by Crippen LogP contribution is 2.25. The summed E-state index contributed by atoms with van der Waals surface area (Å²) >= 11 is 0. The number of nitrogens with two attached hydrogens (primary N) is 1. The van der Waals surface area contributed by atoms with Crippen LogP contribution in [0, 0.1) is 6.92 Å². The second kappa shape index (κ2) is 6.90. The van der Waals surface area contributed by atoms with E-state index in [2.05, 4.69) is 5.32 Å². The Kier molecular flexibility index (Phi) is 4.95. The van der Waals surface area contributed by atoms with E-state index in [4.69, 9.17) is 10.5 Å². The van der Waals surface area contributed by atoms with Gasteiger partial charge in [-0.1, -0.05) is 30.3 Å². The summed E-state index contributed by atoms with van der Waals surface area (Å²) in [5.74, 6) is 0.570. The molecule has 1 amide bonds. The molecule has 0 spiro atoms. The van der Waals surface area contributed by atoms with Crippen molar-refractivity contribution in [3.63, 3.8) is 0 Å². The maximum Gasteiger partial charge on any atom is 0.228 e. The van der Waals surface area contributed by atoms with E-state index < -0.39 is 0 Å². The summed E-state index contributed by atoms with van der Waals surface area (Å²) in [4.78, 5) is 12.2. The SMILES string of the molecule is COc1ccc(C)cc1NC(=O)Cc1ccccc1CN. The summed E-state index contributed by atoms with van der Waals surface area (Å²) in [5.41, 5.74) is 9.38. The summed E-state index contributed by atoms with van der Waals surface area (Å²) in [6, 6.07) is 13.4. The van der Waals surface area contributed by atoms with Gasteiger partial charge in [-0.2, -0.15) is 0 Å². The first-order chi connectivity index (χ1) is 10.1. The molecule has 2 aromatic rings. The predicted octanol–water partition coefficient (Wildman–Crippen LogP) is 2.64. The van der Waals surface area contributed by atoms with Crippen molar-refractivity contribution in [2.75, 3.05) is 12.4 Å². The molecule has 0 unspecified atom stereocenters. The van der Waals surface area contributed by atoms with Crippen molar-refractivity contribution in [1.82, 2.24) is 0 Å². The quantitative estimate of drug-likeness (QED) is 0.887. The molecule has 0 heterocycles. The number of ether oxygens (including phenoxy) is 1. The Morgan fingerprint density at radius 1 is 1.19 bits per heavy atom. The van der Waals surface area contributed by atoms with Gasteiger partial charge in [0.05, 0.1) is 19.2 Å². The summed E-state index contributed by atoms with van der Waals surface area (Å²) in [7, 11) is 1.59. The average Bonchev–Trinajstić information content (AvgIpc) is 2.48. The van der Waals surface area contributed by atoms with Crippen molar-refractivity contribution in [3.05, 3.63) is 59.2 Å². The maximum absolute atomic E-state index is 12.2. The van der Waals surface area contributed by atoms with E-state index in [0.29, 0.717) is 24.4 Å². The van der Waals surface area contributed by atoms with Gasteiger partial charge in [0.1, 0.15) is 5.75 Å². The van der Waals surface area contributed by atoms with E-state index in [-0.39, 0.29) is 5.91 Å². The molecule has 0 fully saturated rings. The lowest BCUT2D eigenvalue weighted by Crippen LogP contribution is -2.16. The molecule has 0 aliphatic rings. The number of methoxy groups -OCH3 is 1. The lowest BCUT2D eigenvalue weighted by Gasteiger charge is -2.12. The van der Waals surface area contributed by atoms with Crippen LogP contribution in [0.5, 0.6) is 5.75 Å². The van der Waals surface area contributed by atoms with Crippen LogP contribution < -0.4 is 15.8 Å². The number of hydrogen-bond donors (Lipinski definition) is 2. The van der Waals surface area contributed by atoms with Gasteiger partial charge < -0.3 is 15.8 Å². The van der Waals surface area contributed by atoms with E-state index >= 15 is 0 Å². The van der Waals surface area contributed by atoms with Crippen LogP contribution in [0.4, 0.5) is 5.69 Å². The van der Waals surface area contributed by atoms with Gasteiger partial charge in [-0.25, -0.2) is 0 Å². The fourth-order valence-corrected chi connectivity index (χ4v) is 2.22. The molecule has 0 atom stereocenters. The third-order valence-corrected chi connectivity index (χ3v) is 3.32. The first-order valence-corrected chi connectivity index (χ1v) is 6.85. The molecule has 4 heteroatoms. The van der Waals surface area contributed by atoms with Gasteiger partial charge in [-0.15, -0.1) is 0 Å². The molecule has 0 bridgehead atoms. The molecule has 0 aromatic heterocycles. The average molecular weight is 284 g/mol. The van der Waals surface area contributed by atoms with E-state index in [1.54, 1.807) is 7.11 Å². The smallest absolute Gasteiger partial charge is 0.228 e. The number of benzene rings is 2. The number of carbonyl (C=O) groups excluding carboxylic acids is 1. The molecule has 2 aromatic carbocycles. The van der Waals surface area contributed by atoms with E-state index in [0.717, 1.165) is 16.7 Å². The van der Waals surface area contributed by atoms with E-state index in [1.807, 2.05) is 49.4 Å². The molecule has 0 radical (unpaired) electrons. The Balaban J connectivity index is 2.13. The molecule has 3 N–H and O–H groups in total. The van der Waals surface area contributed by atoms with Crippen molar-refractivity contribution < 1.29 is 9.53 Å². The number of amides is 1. The highest BCUT2D eigenvalue weighted by molar-refractivity contribution is 5.94. The molecule has 4 nitrogen and oxygen atoms in total. The van der Waals surface area contributed by atoms with Gasteiger partial charge in [-0.05, 0) is 35.7 Å². The van der Waals surface area contributed by atoms with Crippen LogP contribution in [-0.2, 0) is 17.8 Å². The number of rotatable bonds is 5. The molecule has 110 valence electrons. The van der Waals surface area contributed by atoms with Gasteiger partial charge in [0.2, 0.25) is 5.91 Å². The normalized spacial score (nSPS) is 10.2. The van der Waals surface area contributed by atoms with Crippen molar-refractivity contribution in [2.24, 2.45) is 5.73 Å². The number of hydrogen-bond acceptors (Lipinski definition) is 3. The van der Waals surface area contributed by atoms with Crippen molar-refractivity contribution in [1.29, 1.82) is 0 Å². The predicted molar refractivity (Wildman–Crippen MR) is 84.4 cm³/mol. The Hall–Kier alpha value is -2.33. The summed E-state index contributed by atoms with van der Waals surface area (Å²) in [6.45, 7) is 2.40. The Morgan fingerprint density at radius 3 is 2.57 bits per heavy atom. The first-order valence-electron chi connectivity index (χ1n) is 6.85. The number of nitrogens with one attached hydrogen (secondary N) is 1. The van der Waals surface area contributed by atoms with Gasteiger partial charge in [0.25, 0.3) is 0 Å². The van der Waals surface area contributed by atoms with Crippen molar-refractivity contribution in [3.8, 4) is 5.75 Å². The van der Waals surface area contributed by atoms with Gasteiger partial charge in [-0.3, -0.25) is 4.79 Å². The van der Waals surface area contributed by atoms with Gasteiger partial charge in [0.15, 0.2) is 0 Å². The zero-order chi connectivity index (χ0) is 15.2. The van der Waals surface area contributed by atoms with E-state index in [1.165, 1.54) is 0 Å². The molecule has 0 aliphatic heterocycles. The van der Waals surface area contributed by atoms with Gasteiger partial charge in [0, 0.05) is 6.54 Å². The second-order valence-electron chi connectivity index (χ2n) is 4.90. The third-order valence-electron chi connectivity index (χ3n) is 3.32. The molecule has 21 heavy (non-hydrogen) atoms. The molecule has 0 saturated carbocycles. The van der Waals surface area contributed by atoms with Crippen molar-refractivity contribution in [2.45, 2.75) is 19.9 Å². The maximum atomic E-state index is 12.2. The fourth-order valence-electron chi connectivity index (χ4n) is 2.22. The Bertz CT molecular complexity index is 638. The largest absolute Gasteiger partial charge is 0.495 e. The summed E-state index contributed by atoms with van der Waals surface area (Å²) in [6.07, 6.45) is 0.296. The zero-order valence-corrected chi connectivity index (χ0v) is 12.3. The number of carbonyl (C=O) groups is 1. The highest BCUT2D eigenvalue weighted by atomic mass is 16.5. The minimum Gasteiger partial charge on any atom is -0.495 e. The lowest BCUT2D eigenvalue weighted by molar-refractivity contribution is -0.115. The Morgan fingerprint density at radius 2 is 1.90 bits per heavy atom. The number of aryl methyl sites for hydroxylation is 1. The Labute approximate surface area is 124 Å². The molecule has 0 saturated heterocycles. The van der Waals surface area contributed by atoms with Crippen LogP contribution in [0.25, 0.3) is 0 Å². The van der Waals surface area contributed by atoms with Crippen LogP contribution in [0.1, 0.15) is 16.7 Å². The molecular formula is C17H20N2O2. The lowest BCUT2D eigenvalue weighted by atomic mass is 10.0. The highest BCUT2D eigenvalue weighted by Gasteiger charge is 2.10. The first kappa shape index (κ1) is 15.1. The van der Waals surface area contributed by atoms with Crippen LogP contribution in [0.2, 0.25) is 0 Å². The zero-order valence-electron chi connectivity index (χ0n) is 12.3. The standard InChI is InChI=1S/C17H20N2O2/c1-12-7-8-16(21-2)15(9-12)19-17(20)10-13-5-3-4-6-14(13)11-18/h3-9H,10-11,18H2,1-2H3,(H,19,20). The minimum atomic E-state index is -0.0835. The minimum absolute atomic E-state index is 0.0835. The monoisotopic (exact) mass is 284 g/mol. The molecule has 0 aliphatic carbocycles. The van der Waals surface area contributed by atoms with Crippen LogP contribution in [-0.4, -0.2) is 13.0 Å². The molecule has 2 rings (SSSR count). The van der Waals surface area contributed by atoms with Crippen LogP contribution >= 0.6 is 0 Å². The second-order valence-corrected chi connectivity index (χ2v) is 4.90. The number of anilines is 1. The van der Waals surface area contributed by atoms with Gasteiger partial charge >= 0.3 is 0 Å². The summed E-state index contributed by atoms with van der Waals surface area (Å²) in [5, 5.41) is 2.90. The fraction of sp³-hybridized carbons (Fsp3) is 0.235. The topological polar surface area (TPSA) is 64.3 Å². The third kappa shape index (κ3) is 3.83. The van der Waals surface area contributed by atoms with Crippen LogP contribution in [0.15, 0.2) is 42.5 Å². The summed E-state index contributed by atoms with van der Waals surface area (Å²) < 4.78 is 5.26. The molecular weight excluding hydrogens is 264 g/mol. The van der Waals surface area contributed by atoms with E-state index in [9.17, 15) is 4.79 Å². The van der Waals surface area contributed by atoms with Crippen molar-refractivity contribution >= 4 is 11.6 Å².